The number of carbonyl (C=O) groups excluding carboxylic acids is 1. The van der Waals surface area contributed by atoms with E-state index in [1.807, 2.05) is 7.05 Å². The first kappa shape index (κ1) is 12.9. The van der Waals surface area contributed by atoms with E-state index in [0.29, 0.717) is 11.5 Å². The molecule has 1 saturated heterocycles. The van der Waals surface area contributed by atoms with Gasteiger partial charge in [-0.3, -0.25) is 4.79 Å². The molecule has 1 N–H and O–H groups in total. The van der Waals surface area contributed by atoms with Crippen LogP contribution in [0, 0.1) is 5.92 Å². The van der Waals surface area contributed by atoms with Crippen molar-refractivity contribution in [2.24, 2.45) is 5.92 Å². The second-order valence-electron chi connectivity index (χ2n) is 5.15. The third kappa shape index (κ3) is 3.01. The number of phenolic OH excluding ortho intramolecular Hbond substituents is 1. The van der Waals surface area contributed by atoms with Gasteiger partial charge in [-0.1, -0.05) is 0 Å². The third-order valence-corrected chi connectivity index (χ3v) is 3.48. The lowest BCUT2D eigenvalue weighted by molar-refractivity contribution is 0.0774. The second-order valence-corrected chi connectivity index (χ2v) is 5.15. The molecule has 0 bridgehead atoms. The van der Waals surface area contributed by atoms with Crippen LogP contribution in [-0.4, -0.2) is 54.5 Å². The number of hydrogen-bond acceptors (Lipinski definition) is 3. The van der Waals surface area contributed by atoms with E-state index in [2.05, 4.69) is 11.9 Å². The van der Waals surface area contributed by atoms with E-state index in [4.69, 9.17) is 0 Å². The van der Waals surface area contributed by atoms with Crippen molar-refractivity contribution >= 4 is 5.91 Å². The predicted molar refractivity (Wildman–Crippen MR) is 70.7 cm³/mol. The molecule has 1 unspecified atom stereocenters. The summed E-state index contributed by atoms with van der Waals surface area (Å²) in [6.45, 7) is 2.98. The SMILES string of the molecule is CN1CCC(CN(C)C(=O)c2ccc(O)cc2)C1. The Morgan fingerprint density at radius 3 is 2.67 bits per heavy atom. The number of aromatic hydroxyl groups is 1. The van der Waals surface area contributed by atoms with Gasteiger partial charge in [-0.05, 0) is 50.2 Å². The number of carbonyl (C=O) groups is 1. The number of rotatable bonds is 3. The number of amides is 1. The van der Waals surface area contributed by atoms with Gasteiger partial charge in [0.05, 0.1) is 0 Å². The number of likely N-dealkylation sites (tertiary alicyclic amines) is 1. The summed E-state index contributed by atoms with van der Waals surface area (Å²) in [5.74, 6) is 0.775. The van der Waals surface area contributed by atoms with Crippen LogP contribution in [0.1, 0.15) is 16.8 Å². The summed E-state index contributed by atoms with van der Waals surface area (Å²) < 4.78 is 0. The maximum atomic E-state index is 12.2. The molecule has 1 atom stereocenters. The van der Waals surface area contributed by atoms with Crippen molar-refractivity contribution in [2.45, 2.75) is 6.42 Å². The van der Waals surface area contributed by atoms with E-state index in [9.17, 15) is 9.90 Å². The molecule has 1 aromatic rings. The van der Waals surface area contributed by atoms with Crippen molar-refractivity contribution in [1.29, 1.82) is 0 Å². The molecule has 0 radical (unpaired) electrons. The highest BCUT2D eigenvalue weighted by Crippen LogP contribution is 2.17. The first-order chi connectivity index (χ1) is 8.56. The summed E-state index contributed by atoms with van der Waals surface area (Å²) in [6.07, 6.45) is 1.16. The van der Waals surface area contributed by atoms with E-state index in [1.54, 1.807) is 29.2 Å². The number of nitrogens with zero attached hydrogens (tertiary/aromatic N) is 2. The molecule has 18 heavy (non-hydrogen) atoms. The first-order valence-electron chi connectivity index (χ1n) is 6.29. The molecule has 2 rings (SSSR count). The maximum Gasteiger partial charge on any atom is 0.253 e. The van der Waals surface area contributed by atoms with Crippen LogP contribution < -0.4 is 0 Å². The summed E-state index contributed by atoms with van der Waals surface area (Å²) in [5.41, 5.74) is 0.627. The minimum atomic E-state index is 0.0181. The van der Waals surface area contributed by atoms with Crippen LogP contribution in [0.15, 0.2) is 24.3 Å². The molecular formula is C14H20N2O2. The van der Waals surface area contributed by atoms with Crippen molar-refractivity contribution in [1.82, 2.24) is 9.80 Å². The van der Waals surface area contributed by atoms with Crippen LogP contribution in [0.5, 0.6) is 5.75 Å². The standard InChI is InChI=1S/C14H20N2O2/c1-15-8-7-11(9-15)10-16(2)14(18)12-3-5-13(17)6-4-12/h3-6,11,17H,7-10H2,1-2H3. The fourth-order valence-electron chi connectivity index (χ4n) is 2.47. The molecule has 1 fully saturated rings. The van der Waals surface area contributed by atoms with Gasteiger partial charge in [0.2, 0.25) is 0 Å². The van der Waals surface area contributed by atoms with E-state index in [0.717, 1.165) is 26.1 Å². The smallest absolute Gasteiger partial charge is 0.253 e. The summed E-state index contributed by atoms with van der Waals surface area (Å²) >= 11 is 0. The fraction of sp³-hybridized carbons (Fsp3) is 0.500. The fourth-order valence-corrected chi connectivity index (χ4v) is 2.47. The highest BCUT2D eigenvalue weighted by molar-refractivity contribution is 5.94. The summed E-state index contributed by atoms with van der Waals surface area (Å²) in [7, 11) is 3.95. The monoisotopic (exact) mass is 248 g/mol. The van der Waals surface area contributed by atoms with Gasteiger partial charge in [-0.15, -0.1) is 0 Å². The summed E-state index contributed by atoms with van der Waals surface area (Å²) in [5, 5.41) is 9.21. The van der Waals surface area contributed by atoms with Crippen molar-refractivity contribution in [3.63, 3.8) is 0 Å². The molecule has 1 amide bonds. The Hall–Kier alpha value is -1.55. The minimum absolute atomic E-state index is 0.0181. The van der Waals surface area contributed by atoms with Crippen LogP contribution in [0.25, 0.3) is 0 Å². The van der Waals surface area contributed by atoms with Gasteiger partial charge in [0.15, 0.2) is 0 Å². The molecule has 4 heteroatoms. The van der Waals surface area contributed by atoms with Crippen molar-refractivity contribution in [2.75, 3.05) is 33.7 Å². The Bertz CT molecular complexity index is 416. The Morgan fingerprint density at radius 1 is 1.44 bits per heavy atom. The van der Waals surface area contributed by atoms with Gasteiger partial charge in [-0.2, -0.15) is 0 Å². The van der Waals surface area contributed by atoms with Gasteiger partial charge < -0.3 is 14.9 Å². The Balaban J connectivity index is 1.94. The molecule has 0 aromatic heterocycles. The normalized spacial score (nSPS) is 20.0. The zero-order valence-electron chi connectivity index (χ0n) is 11.0. The number of phenols is 1. The van der Waals surface area contributed by atoms with Crippen LogP contribution >= 0.6 is 0 Å². The van der Waals surface area contributed by atoms with Gasteiger partial charge in [-0.25, -0.2) is 0 Å². The summed E-state index contributed by atoms with van der Waals surface area (Å²) in [4.78, 5) is 16.2. The highest BCUT2D eigenvalue weighted by Gasteiger charge is 2.22. The van der Waals surface area contributed by atoms with Gasteiger partial charge >= 0.3 is 0 Å². The van der Waals surface area contributed by atoms with E-state index in [1.165, 1.54) is 0 Å². The zero-order chi connectivity index (χ0) is 13.1. The van der Waals surface area contributed by atoms with Crippen molar-refractivity contribution < 1.29 is 9.90 Å². The van der Waals surface area contributed by atoms with Gasteiger partial charge in [0.1, 0.15) is 5.75 Å². The molecule has 0 spiro atoms. The highest BCUT2D eigenvalue weighted by atomic mass is 16.3. The average molecular weight is 248 g/mol. The Labute approximate surface area is 108 Å². The third-order valence-electron chi connectivity index (χ3n) is 3.48. The second kappa shape index (κ2) is 5.40. The molecule has 1 aliphatic rings. The molecule has 1 aromatic carbocycles. The zero-order valence-corrected chi connectivity index (χ0v) is 11.0. The Morgan fingerprint density at radius 2 is 2.11 bits per heavy atom. The summed E-state index contributed by atoms with van der Waals surface area (Å²) in [6, 6.07) is 6.42. The van der Waals surface area contributed by atoms with Crippen LogP contribution in [-0.2, 0) is 0 Å². The molecular weight excluding hydrogens is 228 g/mol. The predicted octanol–water partition coefficient (Wildman–Crippen LogP) is 1.42. The largest absolute Gasteiger partial charge is 0.508 e. The van der Waals surface area contributed by atoms with Gasteiger partial charge in [0, 0.05) is 25.7 Å². The molecule has 98 valence electrons. The molecule has 0 aliphatic carbocycles. The van der Waals surface area contributed by atoms with Crippen molar-refractivity contribution in [3.8, 4) is 5.75 Å². The molecule has 4 nitrogen and oxygen atoms in total. The maximum absolute atomic E-state index is 12.2. The minimum Gasteiger partial charge on any atom is -0.508 e. The topological polar surface area (TPSA) is 43.8 Å². The number of hydrogen-bond donors (Lipinski definition) is 1. The average Bonchev–Trinajstić information content (AvgIpc) is 2.75. The van der Waals surface area contributed by atoms with Gasteiger partial charge in [0.25, 0.3) is 5.91 Å². The van der Waals surface area contributed by atoms with E-state index < -0.39 is 0 Å². The first-order valence-corrected chi connectivity index (χ1v) is 6.29. The molecule has 1 heterocycles. The van der Waals surface area contributed by atoms with Crippen LogP contribution in [0.3, 0.4) is 0 Å². The number of benzene rings is 1. The Kier molecular flexibility index (Phi) is 3.87. The van der Waals surface area contributed by atoms with E-state index >= 15 is 0 Å². The quantitative estimate of drug-likeness (QED) is 0.879. The van der Waals surface area contributed by atoms with E-state index in [-0.39, 0.29) is 11.7 Å². The molecule has 1 aliphatic heterocycles. The lowest BCUT2D eigenvalue weighted by Crippen LogP contribution is -2.32. The van der Waals surface area contributed by atoms with Crippen LogP contribution in [0.2, 0.25) is 0 Å². The molecule has 0 saturated carbocycles. The lowest BCUT2D eigenvalue weighted by Gasteiger charge is -2.21. The lowest BCUT2D eigenvalue weighted by atomic mass is 10.1. The van der Waals surface area contributed by atoms with Crippen LogP contribution in [0.4, 0.5) is 0 Å². The van der Waals surface area contributed by atoms with Crippen molar-refractivity contribution in [3.05, 3.63) is 29.8 Å².